The fourth-order valence-corrected chi connectivity index (χ4v) is 3.79. The van der Waals surface area contributed by atoms with Gasteiger partial charge in [0.2, 0.25) is 10.0 Å². The van der Waals surface area contributed by atoms with Crippen molar-refractivity contribution in [2.45, 2.75) is 52.5 Å². The first-order valence-corrected chi connectivity index (χ1v) is 7.97. The molecule has 0 heterocycles. The Morgan fingerprint density at radius 1 is 1.33 bits per heavy atom. The molecule has 0 radical (unpaired) electrons. The minimum absolute atomic E-state index is 0.0198. The Hall–Kier alpha value is -0.620. The highest BCUT2D eigenvalue weighted by Gasteiger charge is 2.32. The maximum Gasteiger partial charge on any atom is 0.306 e. The van der Waals surface area contributed by atoms with E-state index in [4.69, 9.17) is 5.11 Å². The van der Waals surface area contributed by atoms with Crippen LogP contribution in [0.1, 0.15) is 46.5 Å². The summed E-state index contributed by atoms with van der Waals surface area (Å²) in [5, 5.41) is 8.86. The fraction of sp³-hybridized carbons (Fsp3) is 0.917. The molecule has 2 unspecified atom stereocenters. The van der Waals surface area contributed by atoms with E-state index in [1.165, 1.54) is 0 Å². The number of carboxylic acid groups (broad SMARTS) is 1. The van der Waals surface area contributed by atoms with Gasteiger partial charge in [-0.2, -0.15) is 0 Å². The second-order valence-corrected chi connectivity index (χ2v) is 8.17. The van der Waals surface area contributed by atoms with Gasteiger partial charge in [0.25, 0.3) is 0 Å². The molecule has 5 nitrogen and oxygen atoms in total. The van der Waals surface area contributed by atoms with Crippen molar-refractivity contribution in [3.05, 3.63) is 0 Å². The SMILES string of the molecule is CC(C)(C)CCS(=O)(=O)NC1CCC(C(=O)O)C1. The Morgan fingerprint density at radius 2 is 1.94 bits per heavy atom. The van der Waals surface area contributed by atoms with Crippen molar-refractivity contribution in [3.8, 4) is 0 Å². The highest BCUT2D eigenvalue weighted by molar-refractivity contribution is 7.89. The molecule has 0 aromatic heterocycles. The third-order valence-electron chi connectivity index (χ3n) is 3.25. The third kappa shape index (κ3) is 5.35. The lowest BCUT2D eigenvalue weighted by Gasteiger charge is -2.19. The monoisotopic (exact) mass is 277 g/mol. The average molecular weight is 277 g/mol. The molecule has 0 aromatic carbocycles. The Balaban J connectivity index is 2.45. The molecule has 2 N–H and O–H groups in total. The molecule has 18 heavy (non-hydrogen) atoms. The molecule has 0 spiro atoms. The summed E-state index contributed by atoms with van der Waals surface area (Å²) in [5.74, 6) is -1.13. The van der Waals surface area contributed by atoms with E-state index in [0.717, 1.165) is 0 Å². The summed E-state index contributed by atoms with van der Waals surface area (Å²) < 4.78 is 26.3. The van der Waals surface area contributed by atoms with Gasteiger partial charge < -0.3 is 5.11 Å². The summed E-state index contributed by atoms with van der Waals surface area (Å²) in [5.41, 5.74) is -0.0198. The number of nitrogens with one attached hydrogen (secondary N) is 1. The van der Waals surface area contributed by atoms with Crippen LogP contribution in [0.4, 0.5) is 0 Å². The molecule has 1 rings (SSSR count). The molecule has 1 fully saturated rings. The molecule has 0 aromatic rings. The first-order valence-electron chi connectivity index (χ1n) is 6.32. The van der Waals surface area contributed by atoms with Crippen LogP contribution in [0.3, 0.4) is 0 Å². The molecule has 0 saturated heterocycles. The Kier molecular flexibility index (Phi) is 4.78. The van der Waals surface area contributed by atoms with Gasteiger partial charge in [-0.15, -0.1) is 0 Å². The maximum atomic E-state index is 11.9. The van der Waals surface area contributed by atoms with Crippen molar-refractivity contribution in [1.82, 2.24) is 4.72 Å². The van der Waals surface area contributed by atoms with Gasteiger partial charge in [-0.3, -0.25) is 4.79 Å². The lowest BCUT2D eigenvalue weighted by atomic mass is 9.94. The van der Waals surface area contributed by atoms with E-state index in [1.807, 2.05) is 20.8 Å². The van der Waals surface area contributed by atoms with E-state index < -0.39 is 21.9 Å². The summed E-state index contributed by atoms with van der Waals surface area (Å²) >= 11 is 0. The van der Waals surface area contributed by atoms with Gasteiger partial charge in [0.15, 0.2) is 0 Å². The predicted octanol–water partition coefficient (Wildman–Crippen LogP) is 1.60. The van der Waals surface area contributed by atoms with E-state index in [1.54, 1.807) is 0 Å². The molecule has 0 amide bonds. The van der Waals surface area contributed by atoms with E-state index in [-0.39, 0.29) is 17.2 Å². The quantitative estimate of drug-likeness (QED) is 0.799. The molecule has 0 aliphatic heterocycles. The zero-order valence-electron chi connectivity index (χ0n) is 11.3. The number of sulfonamides is 1. The van der Waals surface area contributed by atoms with Crippen molar-refractivity contribution in [2.24, 2.45) is 11.3 Å². The Bertz CT molecular complexity index is 397. The minimum atomic E-state index is -3.29. The van der Waals surface area contributed by atoms with E-state index in [2.05, 4.69) is 4.72 Å². The standard InChI is InChI=1S/C12H23NO4S/c1-12(2,3)6-7-18(16,17)13-10-5-4-9(8-10)11(14)15/h9-10,13H,4-8H2,1-3H3,(H,14,15). The summed E-state index contributed by atoms with van der Waals surface area (Å²) in [6.45, 7) is 6.00. The lowest BCUT2D eigenvalue weighted by Crippen LogP contribution is -2.36. The molecule has 1 aliphatic carbocycles. The van der Waals surface area contributed by atoms with Gasteiger partial charge in [-0.1, -0.05) is 20.8 Å². The van der Waals surface area contributed by atoms with Crippen LogP contribution in [0.2, 0.25) is 0 Å². The summed E-state index contributed by atoms with van der Waals surface area (Å²) in [7, 11) is -3.29. The van der Waals surface area contributed by atoms with Gasteiger partial charge in [-0.25, -0.2) is 13.1 Å². The summed E-state index contributed by atoms with van der Waals surface area (Å²) in [6, 6.07) is -0.212. The van der Waals surface area contributed by atoms with Crippen LogP contribution in [-0.2, 0) is 14.8 Å². The molecule has 1 aliphatic rings. The maximum absolute atomic E-state index is 11.9. The van der Waals surface area contributed by atoms with Crippen LogP contribution < -0.4 is 4.72 Å². The van der Waals surface area contributed by atoms with Crippen LogP contribution in [0.15, 0.2) is 0 Å². The second kappa shape index (κ2) is 5.57. The summed E-state index contributed by atoms with van der Waals surface area (Å²) in [4.78, 5) is 10.8. The fourth-order valence-electron chi connectivity index (χ4n) is 2.07. The zero-order valence-corrected chi connectivity index (χ0v) is 12.1. The number of carboxylic acids is 1. The van der Waals surface area contributed by atoms with Gasteiger partial charge in [-0.05, 0) is 31.1 Å². The molecule has 0 bridgehead atoms. The third-order valence-corrected chi connectivity index (χ3v) is 4.68. The largest absolute Gasteiger partial charge is 0.481 e. The van der Waals surface area contributed by atoms with E-state index in [9.17, 15) is 13.2 Å². The minimum Gasteiger partial charge on any atom is -0.481 e. The Labute approximate surface area is 109 Å². The van der Waals surface area contributed by atoms with Crippen molar-refractivity contribution in [1.29, 1.82) is 0 Å². The zero-order chi connectivity index (χ0) is 14.0. The van der Waals surface area contributed by atoms with Crippen LogP contribution in [-0.4, -0.2) is 31.3 Å². The number of hydrogen-bond donors (Lipinski definition) is 2. The van der Waals surface area contributed by atoms with Crippen molar-refractivity contribution >= 4 is 16.0 Å². The number of rotatable bonds is 5. The number of hydrogen-bond acceptors (Lipinski definition) is 3. The predicted molar refractivity (Wildman–Crippen MR) is 69.8 cm³/mol. The van der Waals surface area contributed by atoms with Gasteiger partial charge in [0, 0.05) is 6.04 Å². The first kappa shape index (κ1) is 15.4. The lowest BCUT2D eigenvalue weighted by molar-refractivity contribution is -0.141. The normalized spacial score (nSPS) is 25.3. The molecular weight excluding hydrogens is 254 g/mol. The van der Waals surface area contributed by atoms with Crippen LogP contribution in [0.5, 0.6) is 0 Å². The molecule has 106 valence electrons. The topological polar surface area (TPSA) is 83.5 Å². The average Bonchev–Trinajstić information content (AvgIpc) is 2.62. The highest BCUT2D eigenvalue weighted by Crippen LogP contribution is 2.26. The summed E-state index contributed by atoms with van der Waals surface area (Å²) in [6.07, 6.45) is 2.18. The number of carbonyl (C=O) groups is 1. The molecule has 6 heteroatoms. The second-order valence-electron chi connectivity index (χ2n) is 6.29. The smallest absolute Gasteiger partial charge is 0.306 e. The van der Waals surface area contributed by atoms with Crippen molar-refractivity contribution in [3.63, 3.8) is 0 Å². The first-order chi connectivity index (χ1) is 8.09. The van der Waals surface area contributed by atoms with Crippen molar-refractivity contribution < 1.29 is 18.3 Å². The van der Waals surface area contributed by atoms with Gasteiger partial charge in [0.05, 0.1) is 11.7 Å². The van der Waals surface area contributed by atoms with Crippen LogP contribution >= 0.6 is 0 Å². The number of aliphatic carboxylic acids is 1. The van der Waals surface area contributed by atoms with Gasteiger partial charge in [0.1, 0.15) is 0 Å². The van der Waals surface area contributed by atoms with E-state index >= 15 is 0 Å². The van der Waals surface area contributed by atoms with Crippen LogP contribution in [0.25, 0.3) is 0 Å². The van der Waals surface area contributed by atoms with E-state index in [0.29, 0.717) is 25.7 Å². The van der Waals surface area contributed by atoms with Crippen molar-refractivity contribution in [2.75, 3.05) is 5.75 Å². The molecular formula is C12H23NO4S. The van der Waals surface area contributed by atoms with Gasteiger partial charge >= 0.3 is 5.97 Å². The molecule has 1 saturated carbocycles. The Morgan fingerprint density at radius 3 is 2.39 bits per heavy atom. The molecule has 2 atom stereocenters. The highest BCUT2D eigenvalue weighted by atomic mass is 32.2. The van der Waals surface area contributed by atoms with Crippen LogP contribution in [0, 0.1) is 11.3 Å².